The fourth-order valence-corrected chi connectivity index (χ4v) is 3.77. The second-order valence-electron chi connectivity index (χ2n) is 7.25. The topological polar surface area (TPSA) is 140 Å². The number of benzene rings is 1. The number of hydrogen-bond donors (Lipinski definition) is 6. The number of amides is 2. The molecule has 0 spiro atoms. The van der Waals surface area contributed by atoms with E-state index in [-0.39, 0.29) is 12.3 Å². The maximum atomic E-state index is 12.8. The average molecular weight is 434 g/mol. The lowest BCUT2D eigenvalue weighted by Gasteiger charge is -2.23. The molecule has 0 unspecified atom stereocenters. The van der Waals surface area contributed by atoms with E-state index in [0.29, 0.717) is 31.6 Å². The maximum absolute atomic E-state index is 12.8. The summed E-state index contributed by atoms with van der Waals surface area (Å²) in [4.78, 5) is 28.6. The molecule has 0 saturated carbocycles. The zero-order valence-electron chi connectivity index (χ0n) is 17.3. The fraction of sp³-hybridized carbons (Fsp3) is 0.500. The Bertz CT molecular complexity index is 817. The van der Waals surface area contributed by atoms with Crippen molar-refractivity contribution in [1.29, 1.82) is 0 Å². The minimum Gasteiger partial charge on any atom is -0.426 e. The lowest BCUT2D eigenvalue weighted by atomic mass is 9.77. The van der Waals surface area contributed by atoms with Crippen LogP contribution in [0.3, 0.4) is 0 Å². The summed E-state index contributed by atoms with van der Waals surface area (Å²) in [6, 6.07) is 6.96. The molecule has 0 aliphatic carbocycles. The third kappa shape index (κ3) is 7.35. The smallest absolute Gasteiger partial charge is 0.426 e. The fourth-order valence-electron chi connectivity index (χ4n) is 3.28. The number of aromatic amines is 1. The van der Waals surface area contributed by atoms with Crippen molar-refractivity contribution in [2.45, 2.75) is 44.1 Å². The minimum absolute atomic E-state index is 0.142. The van der Waals surface area contributed by atoms with Crippen molar-refractivity contribution >= 4 is 41.6 Å². The van der Waals surface area contributed by atoms with Gasteiger partial charge in [-0.3, -0.25) is 9.59 Å². The Morgan fingerprint density at radius 1 is 1.20 bits per heavy atom. The number of fused-ring (bicyclic) bond motifs is 1. The molecule has 2 amide bonds. The van der Waals surface area contributed by atoms with E-state index >= 15 is 0 Å². The Morgan fingerprint density at radius 2 is 1.97 bits per heavy atom. The molecule has 0 bridgehead atoms. The lowest BCUT2D eigenvalue weighted by molar-refractivity contribution is -0.129. The highest BCUT2D eigenvalue weighted by Crippen LogP contribution is 2.18. The summed E-state index contributed by atoms with van der Waals surface area (Å²) in [6.07, 6.45) is 6.11. The van der Waals surface area contributed by atoms with Crippen LogP contribution >= 0.6 is 11.8 Å². The highest BCUT2D eigenvalue weighted by molar-refractivity contribution is 7.98. The number of nitrogens with two attached hydrogens (primary N) is 1. The van der Waals surface area contributed by atoms with Gasteiger partial charge in [0.15, 0.2) is 0 Å². The second kappa shape index (κ2) is 12.6. The molecule has 10 heteroatoms. The standard InChI is InChI=1S/C20H31BN4O4S/c1-30-11-9-18(21(28)29)25-20(27)17(8-4-5-10-22)24-19(26)12-14-13-23-16-7-3-2-6-15(14)16/h2-3,6-7,13,17-18,23,28-29H,4-5,8-12,22H2,1H3,(H,24,26)(H,25,27)/t17-,18-/m0/s1. The van der Waals surface area contributed by atoms with Crippen LogP contribution in [-0.2, 0) is 16.0 Å². The highest BCUT2D eigenvalue weighted by Gasteiger charge is 2.29. The van der Waals surface area contributed by atoms with Gasteiger partial charge >= 0.3 is 7.12 Å². The third-order valence-corrected chi connectivity index (χ3v) is 5.59. The molecule has 7 N–H and O–H groups in total. The van der Waals surface area contributed by atoms with Crippen molar-refractivity contribution in [3.63, 3.8) is 0 Å². The van der Waals surface area contributed by atoms with Crippen LogP contribution in [-0.4, -0.2) is 64.5 Å². The summed E-state index contributed by atoms with van der Waals surface area (Å²) in [5, 5.41) is 25.6. The number of carbonyl (C=O) groups is 2. The van der Waals surface area contributed by atoms with Gasteiger partial charge < -0.3 is 31.4 Å². The normalized spacial score (nSPS) is 13.1. The maximum Gasteiger partial charge on any atom is 0.475 e. The van der Waals surface area contributed by atoms with Crippen molar-refractivity contribution in [3.05, 3.63) is 36.0 Å². The van der Waals surface area contributed by atoms with Crippen LogP contribution in [0.1, 0.15) is 31.2 Å². The zero-order chi connectivity index (χ0) is 21.9. The second-order valence-corrected chi connectivity index (χ2v) is 8.24. The Labute approximate surface area is 181 Å². The first-order chi connectivity index (χ1) is 14.5. The molecule has 2 aromatic rings. The summed E-state index contributed by atoms with van der Waals surface area (Å²) < 4.78 is 0. The van der Waals surface area contributed by atoms with Gasteiger partial charge in [-0.2, -0.15) is 11.8 Å². The molecule has 0 aliphatic rings. The highest BCUT2D eigenvalue weighted by atomic mass is 32.2. The van der Waals surface area contributed by atoms with E-state index in [1.807, 2.05) is 30.5 Å². The van der Waals surface area contributed by atoms with Crippen LogP contribution in [0.2, 0.25) is 0 Å². The van der Waals surface area contributed by atoms with E-state index < -0.39 is 25.0 Å². The number of unbranched alkanes of at least 4 members (excludes halogenated alkanes) is 1. The first-order valence-electron chi connectivity index (χ1n) is 10.2. The summed E-state index contributed by atoms with van der Waals surface area (Å²) in [5.74, 6) is -0.795. The van der Waals surface area contributed by atoms with Gasteiger partial charge in [-0.25, -0.2) is 0 Å². The van der Waals surface area contributed by atoms with Gasteiger partial charge in [0.2, 0.25) is 11.8 Å². The Kier molecular flexibility index (Phi) is 10.2. The Morgan fingerprint density at radius 3 is 2.67 bits per heavy atom. The SMILES string of the molecule is CSCC[C@H](NC(=O)[C@H](CCCCN)NC(=O)Cc1c[nH]c2ccccc12)B(O)O. The Hall–Kier alpha value is -2.01. The van der Waals surface area contributed by atoms with Gasteiger partial charge in [0.05, 0.1) is 12.4 Å². The van der Waals surface area contributed by atoms with E-state index in [9.17, 15) is 19.6 Å². The predicted molar refractivity (Wildman–Crippen MR) is 122 cm³/mol. The van der Waals surface area contributed by atoms with Gasteiger partial charge in [-0.15, -0.1) is 0 Å². The van der Waals surface area contributed by atoms with Crippen molar-refractivity contribution in [2.75, 3.05) is 18.6 Å². The molecule has 0 saturated heterocycles. The zero-order valence-corrected chi connectivity index (χ0v) is 18.1. The summed E-state index contributed by atoms with van der Waals surface area (Å²) in [5.41, 5.74) is 7.36. The average Bonchev–Trinajstić information content (AvgIpc) is 3.13. The number of para-hydroxylation sites is 1. The predicted octanol–water partition coefficient (Wildman–Crippen LogP) is 0.574. The van der Waals surface area contributed by atoms with E-state index in [4.69, 9.17) is 5.73 Å². The minimum atomic E-state index is -1.66. The molecule has 1 aromatic carbocycles. The third-order valence-electron chi connectivity index (χ3n) is 4.95. The van der Waals surface area contributed by atoms with Gasteiger partial charge in [0.1, 0.15) is 6.04 Å². The van der Waals surface area contributed by atoms with Gasteiger partial charge in [-0.1, -0.05) is 18.2 Å². The molecular formula is C20H31BN4O4S. The molecule has 0 fully saturated rings. The number of nitrogens with one attached hydrogen (secondary N) is 3. The summed E-state index contributed by atoms with van der Waals surface area (Å²) >= 11 is 1.55. The molecule has 1 heterocycles. The van der Waals surface area contributed by atoms with Crippen molar-refractivity contribution in [3.8, 4) is 0 Å². The van der Waals surface area contributed by atoms with Crippen LogP contribution in [0, 0.1) is 0 Å². The van der Waals surface area contributed by atoms with Crippen LogP contribution < -0.4 is 16.4 Å². The molecule has 164 valence electrons. The largest absolute Gasteiger partial charge is 0.475 e. The van der Waals surface area contributed by atoms with Crippen LogP contribution in [0.15, 0.2) is 30.5 Å². The van der Waals surface area contributed by atoms with Crippen molar-refractivity contribution in [1.82, 2.24) is 15.6 Å². The molecule has 1 aromatic heterocycles. The Balaban J connectivity index is 2.03. The van der Waals surface area contributed by atoms with E-state index in [2.05, 4.69) is 15.6 Å². The lowest BCUT2D eigenvalue weighted by Crippen LogP contribution is -2.54. The number of carbonyl (C=O) groups excluding carboxylic acids is 2. The van der Waals surface area contributed by atoms with E-state index in [1.54, 1.807) is 18.0 Å². The van der Waals surface area contributed by atoms with Crippen molar-refractivity contribution in [2.24, 2.45) is 5.73 Å². The molecule has 0 aliphatic heterocycles. The summed E-state index contributed by atoms with van der Waals surface area (Å²) in [6.45, 7) is 0.503. The van der Waals surface area contributed by atoms with Crippen LogP contribution in [0.4, 0.5) is 0 Å². The molecule has 30 heavy (non-hydrogen) atoms. The summed E-state index contributed by atoms with van der Waals surface area (Å²) in [7, 11) is -1.66. The van der Waals surface area contributed by atoms with Gasteiger partial charge in [0, 0.05) is 17.1 Å². The number of rotatable bonds is 13. The van der Waals surface area contributed by atoms with Gasteiger partial charge in [-0.05, 0) is 55.9 Å². The molecular weight excluding hydrogens is 403 g/mol. The van der Waals surface area contributed by atoms with Crippen LogP contribution in [0.25, 0.3) is 10.9 Å². The first-order valence-corrected chi connectivity index (χ1v) is 11.6. The molecule has 2 rings (SSSR count). The van der Waals surface area contributed by atoms with Crippen LogP contribution in [0.5, 0.6) is 0 Å². The van der Waals surface area contributed by atoms with Gasteiger partial charge in [0.25, 0.3) is 0 Å². The molecule has 2 atom stereocenters. The number of thioether (sulfide) groups is 1. The molecule has 0 radical (unpaired) electrons. The number of aromatic nitrogens is 1. The molecule has 8 nitrogen and oxygen atoms in total. The quantitative estimate of drug-likeness (QED) is 0.201. The number of H-pyrrole nitrogens is 1. The van der Waals surface area contributed by atoms with Crippen molar-refractivity contribution < 1.29 is 19.6 Å². The van der Waals surface area contributed by atoms with E-state index in [1.165, 1.54) is 0 Å². The monoisotopic (exact) mass is 434 g/mol. The van der Waals surface area contributed by atoms with E-state index in [0.717, 1.165) is 22.9 Å². The number of hydrogen-bond acceptors (Lipinski definition) is 6. The first kappa shape index (κ1) is 24.3.